The van der Waals surface area contributed by atoms with Gasteiger partial charge in [0.05, 0.1) is 0 Å². The van der Waals surface area contributed by atoms with Crippen molar-refractivity contribution in [1.29, 1.82) is 0 Å². The van der Waals surface area contributed by atoms with E-state index in [0.29, 0.717) is 5.76 Å². The Morgan fingerprint density at radius 3 is 2.63 bits per heavy atom. The molecule has 2 aliphatic rings. The lowest BCUT2D eigenvalue weighted by Crippen LogP contribution is -2.32. The van der Waals surface area contributed by atoms with Gasteiger partial charge < -0.3 is 10.0 Å². The highest BCUT2D eigenvalue weighted by Crippen LogP contribution is 2.40. The minimum atomic E-state index is 0.142. The van der Waals surface area contributed by atoms with E-state index in [2.05, 4.69) is 55.2 Å². The monoisotopic (exact) mass is 253 g/mol. The first-order chi connectivity index (χ1) is 9.07. The lowest BCUT2D eigenvalue weighted by Gasteiger charge is -2.37. The Bertz CT molecular complexity index is 579. The summed E-state index contributed by atoms with van der Waals surface area (Å²) in [5, 5.41) is 10.1. The number of nitrogens with zero attached hydrogens (tertiary/aromatic N) is 1. The summed E-state index contributed by atoms with van der Waals surface area (Å²) in [6, 6.07) is 10.4. The minimum absolute atomic E-state index is 0.142. The predicted molar refractivity (Wildman–Crippen MR) is 79.1 cm³/mol. The number of benzene rings is 1. The molecule has 19 heavy (non-hydrogen) atoms. The fourth-order valence-corrected chi connectivity index (χ4v) is 2.73. The third-order valence-corrected chi connectivity index (χ3v) is 3.77. The maximum atomic E-state index is 10.1. The highest BCUT2D eigenvalue weighted by atomic mass is 16.3. The Labute approximate surface area is 114 Å². The number of hydrogen-bond donors (Lipinski definition) is 1. The van der Waals surface area contributed by atoms with Crippen LogP contribution in [0.15, 0.2) is 65.6 Å². The van der Waals surface area contributed by atoms with Gasteiger partial charge in [0.25, 0.3) is 0 Å². The molecule has 1 heterocycles. The summed E-state index contributed by atoms with van der Waals surface area (Å²) in [5.74, 6) is 0.411. The number of aliphatic hydroxyl groups excluding tert-OH is 1. The molecule has 3 rings (SSSR count). The molecule has 0 saturated heterocycles. The second-order valence-electron chi connectivity index (χ2n) is 5.89. The Morgan fingerprint density at radius 1 is 1.16 bits per heavy atom. The van der Waals surface area contributed by atoms with E-state index in [1.165, 1.54) is 11.4 Å². The second-order valence-corrected chi connectivity index (χ2v) is 5.89. The van der Waals surface area contributed by atoms with Gasteiger partial charge in [-0.05, 0) is 30.0 Å². The van der Waals surface area contributed by atoms with Crippen molar-refractivity contribution in [2.24, 2.45) is 5.41 Å². The summed E-state index contributed by atoms with van der Waals surface area (Å²) in [4.78, 5) is 2.29. The Hall–Kier alpha value is -1.96. The zero-order chi connectivity index (χ0) is 13.5. The fraction of sp³-hybridized carbons (Fsp3) is 0.294. The van der Waals surface area contributed by atoms with E-state index in [9.17, 15) is 5.11 Å². The standard InChI is InChI=1S/C17H19NO/c1-17(2)10-8-14-15(12-17)18(11-9-16(14)19)13-6-4-3-5-7-13/h3-10,19H,11-12H2,1-2H3. The van der Waals surface area contributed by atoms with Crippen LogP contribution in [0.25, 0.3) is 0 Å². The van der Waals surface area contributed by atoms with Crippen molar-refractivity contribution in [3.05, 3.63) is 65.6 Å². The minimum Gasteiger partial charge on any atom is -0.508 e. The third kappa shape index (κ3) is 2.19. The smallest absolute Gasteiger partial charge is 0.122 e. The molecule has 1 aliphatic carbocycles. The predicted octanol–water partition coefficient (Wildman–Crippen LogP) is 4.19. The van der Waals surface area contributed by atoms with Gasteiger partial charge in [-0.3, -0.25) is 0 Å². The molecule has 0 fully saturated rings. The van der Waals surface area contributed by atoms with Gasteiger partial charge in [-0.2, -0.15) is 0 Å². The summed E-state index contributed by atoms with van der Waals surface area (Å²) < 4.78 is 0. The molecule has 0 amide bonds. The zero-order valence-corrected chi connectivity index (χ0v) is 11.4. The van der Waals surface area contributed by atoms with E-state index in [0.717, 1.165) is 18.5 Å². The van der Waals surface area contributed by atoms with Gasteiger partial charge in [0.2, 0.25) is 0 Å². The van der Waals surface area contributed by atoms with Gasteiger partial charge in [-0.1, -0.05) is 44.2 Å². The molecular weight excluding hydrogens is 234 g/mol. The first kappa shape index (κ1) is 12.1. The quantitative estimate of drug-likeness (QED) is 0.811. The first-order valence-corrected chi connectivity index (χ1v) is 6.71. The molecule has 0 bridgehead atoms. The molecular formula is C17H19NO. The number of rotatable bonds is 1. The van der Waals surface area contributed by atoms with E-state index < -0.39 is 0 Å². The van der Waals surface area contributed by atoms with Gasteiger partial charge in [0.15, 0.2) is 0 Å². The van der Waals surface area contributed by atoms with Crippen LogP contribution in [0.2, 0.25) is 0 Å². The van der Waals surface area contributed by atoms with Crippen LogP contribution in [0.4, 0.5) is 5.69 Å². The van der Waals surface area contributed by atoms with Crippen LogP contribution in [-0.4, -0.2) is 11.7 Å². The Kier molecular flexibility index (Phi) is 2.74. The van der Waals surface area contributed by atoms with Gasteiger partial charge in [0.1, 0.15) is 5.76 Å². The highest BCUT2D eigenvalue weighted by Gasteiger charge is 2.29. The first-order valence-electron chi connectivity index (χ1n) is 6.71. The lowest BCUT2D eigenvalue weighted by atomic mass is 9.80. The molecule has 2 heteroatoms. The molecule has 0 aromatic heterocycles. The normalized spacial score (nSPS) is 21.2. The number of anilines is 1. The fourth-order valence-electron chi connectivity index (χ4n) is 2.73. The summed E-state index contributed by atoms with van der Waals surface area (Å²) >= 11 is 0. The van der Waals surface area contributed by atoms with Crippen molar-refractivity contribution in [1.82, 2.24) is 0 Å². The highest BCUT2D eigenvalue weighted by molar-refractivity contribution is 5.60. The summed E-state index contributed by atoms with van der Waals surface area (Å²) in [5.41, 5.74) is 3.52. The SMILES string of the molecule is CC1(C)C=CC2=C(C1)N(c1ccccc1)CC=C2O. The zero-order valence-electron chi connectivity index (χ0n) is 11.4. The molecule has 1 aromatic carbocycles. The van der Waals surface area contributed by atoms with Crippen molar-refractivity contribution >= 4 is 5.69 Å². The molecule has 98 valence electrons. The Balaban J connectivity index is 2.05. The van der Waals surface area contributed by atoms with Gasteiger partial charge >= 0.3 is 0 Å². The van der Waals surface area contributed by atoms with Crippen molar-refractivity contribution in [2.75, 3.05) is 11.4 Å². The van der Waals surface area contributed by atoms with E-state index in [4.69, 9.17) is 0 Å². The van der Waals surface area contributed by atoms with Crippen molar-refractivity contribution in [2.45, 2.75) is 20.3 Å². The van der Waals surface area contributed by atoms with Crippen LogP contribution in [0, 0.1) is 5.41 Å². The molecule has 1 aliphatic heterocycles. The Morgan fingerprint density at radius 2 is 1.89 bits per heavy atom. The molecule has 2 nitrogen and oxygen atoms in total. The average molecular weight is 253 g/mol. The number of para-hydroxylation sites is 1. The van der Waals surface area contributed by atoms with Crippen molar-refractivity contribution in [3.63, 3.8) is 0 Å². The molecule has 0 unspecified atom stereocenters. The van der Waals surface area contributed by atoms with Crippen LogP contribution in [0.3, 0.4) is 0 Å². The van der Waals surface area contributed by atoms with Crippen LogP contribution in [-0.2, 0) is 0 Å². The number of hydrogen-bond acceptors (Lipinski definition) is 2. The third-order valence-electron chi connectivity index (χ3n) is 3.77. The van der Waals surface area contributed by atoms with Gasteiger partial charge in [-0.25, -0.2) is 0 Å². The molecule has 0 spiro atoms. The molecule has 0 radical (unpaired) electrons. The van der Waals surface area contributed by atoms with E-state index >= 15 is 0 Å². The second kappa shape index (κ2) is 4.30. The maximum Gasteiger partial charge on any atom is 0.122 e. The van der Waals surface area contributed by atoms with Gasteiger partial charge in [-0.15, -0.1) is 0 Å². The van der Waals surface area contributed by atoms with Gasteiger partial charge in [0, 0.05) is 23.5 Å². The van der Waals surface area contributed by atoms with Crippen LogP contribution in [0.5, 0.6) is 0 Å². The lowest BCUT2D eigenvalue weighted by molar-refractivity contribution is 0.406. The van der Waals surface area contributed by atoms with E-state index in [1.54, 1.807) is 0 Å². The van der Waals surface area contributed by atoms with Crippen molar-refractivity contribution in [3.8, 4) is 0 Å². The van der Waals surface area contributed by atoms with Crippen LogP contribution in [0.1, 0.15) is 20.3 Å². The molecule has 0 saturated carbocycles. The van der Waals surface area contributed by atoms with Crippen LogP contribution >= 0.6 is 0 Å². The number of allylic oxidation sites excluding steroid dienone is 3. The van der Waals surface area contributed by atoms with E-state index in [-0.39, 0.29) is 5.41 Å². The molecule has 1 aromatic rings. The molecule has 1 N–H and O–H groups in total. The number of aliphatic hydroxyl groups is 1. The maximum absolute atomic E-state index is 10.1. The molecule has 0 atom stereocenters. The van der Waals surface area contributed by atoms with E-state index in [1.807, 2.05) is 12.1 Å². The summed E-state index contributed by atoms with van der Waals surface area (Å²) in [6.45, 7) is 5.19. The largest absolute Gasteiger partial charge is 0.508 e. The van der Waals surface area contributed by atoms with Crippen molar-refractivity contribution < 1.29 is 5.11 Å². The summed E-state index contributed by atoms with van der Waals surface area (Å²) in [6.07, 6.45) is 7.07. The topological polar surface area (TPSA) is 23.5 Å². The van der Waals surface area contributed by atoms with Crippen LogP contribution < -0.4 is 4.90 Å². The summed E-state index contributed by atoms with van der Waals surface area (Å²) in [7, 11) is 0. The average Bonchev–Trinajstić information content (AvgIpc) is 2.39.